The molecule has 1 saturated carbocycles. The topological polar surface area (TPSA) is 65.8 Å². The van der Waals surface area contributed by atoms with Crippen LogP contribution in [-0.2, 0) is 11.2 Å². The van der Waals surface area contributed by atoms with Gasteiger partial charge in [-0.25, -0.2) is 0 Å². The van der Waals surface area contributed by atoms with Gasteiger partial charge in [-0.1, -0.05) is 30.3 Å². The van der Waals surface area contributed by atoms with E-state index < -0.39 is 6.04 Å². The van der Waals surface area contributed by atoms with Gasteiger partial charge in [0.15, 0.2) is 5.76 Å². The van der Waals surface area contributed by atoms with E-state index in [1.165, 1.54) is 19.1 Å². The quantitative estimate of drug-likeness (QED) is 0.798. The number of hydrogen-bond acceptors (Lipinski definition) is 4. The van der Waals surface area contributed by atoms with E-state index in [-0.39, 0.29) is 17.6 Å². The summed E-state index contributed by atoms with van der Waals surface area (Å²) < 4.78 is 5.18. The number of hydrogen-bond donors (Lipinski definition) is 1. The molecule has 1 aliphatic heterocycles. The molecule has 1 aliphatic carbocycles. The highest BCUT2D eigenvalue weighted by molar-refractivity contribution is 5.95. The normalized spacial score (nSPS) is 18.6. The lowest BCUT2D eigenvalue weighted by molar-refractivity contribution is -0.135. The average Bonchev–Trinajstić information content (AvgIpc) is 3.36. The predicted molar refractivity (Wildman–Crippen MR) is 106 cm³/mol. The van der Waals surface area contributed by atoms with Gasteiger partial charge in [0, 0.05) is 39.1 Å². The third kappa shape index (κ3) is 4.81. The first kappa shape index (κ1) is 18.7. The number of nitrogens with zero attached hydrogens (tertiary/aromatic N) is 2. The van der Waals surface area contributed by atoms with Crippen molar-refractivity contribution < 1.29 is 14.0 Å². The van der Waals surface area contributed by atoms with Gasteiger partial charge >= 0.3 is 0 Å². The van der Waals surface area contributed by atoms with Crippen LogP contribution in [0, 0.1) is 5.92 Å². The summed E-state index contributed by atoms with van der Waals surface area (Å²) in [4.78, 5) is 30.0. The Hall–Kier alpha value is -2.60. The molecule has 6 nitrogen and oxygen atoms in total. The number of furan rings is 1. The van der Waals surface area contributed by atoms with Gasteiger partial charge in [-0.2, -0.15) is 0 Å². The second kappa shape index (κ2) is 8.61. The van der Waals surface area contributed by atoms with Crippen molar-refractivity contribution in [3.8, 4) is 0 Å². The first-order valence-electron chi connectivity index (χ1n) is 10.1. The molecule has 1 aromatic heterocycles. The summed E-state index contributed by atoms with van der Waals surface area (Å²) in [6, 6.07) is 12.5. The zero-order valence-corrected chi connectivity index (χ0v) is 16.0. The molecule has 1 aromatic carbocycles. The molecule has 148 valence electrons. The fraction of sp³-hybridized carbons (Fsp3) is 0.455. The van der Waals surface area contributed by atoms with Crippen molar-refractivity contribution in [2.45, 2.75) is 25.3 Å². The molecule has 0 bridgehead atoms. The monoisotopic (exact) mass is 381 g/mol. The van der Waals surface area contributed by atoms with Crippen molar-refractivity contribution in [1.29, 1.82) is 0 Å². The van der Waals surface area contributed by atoms with Crippen molar-refractivity contribution >= 4 is 11.8 Å². The Labute approximate surface area is 165 Å². The smallest absolute Gasteiger partial charge is 0.287 e. The maximum Gasteiger partial charge on any atom is 0.287 e. The number of carbonyl (C=O) groups is 2. The Balaban J connectivity index is 1.41. The van der Waals surface area contributed by atoms with Crippen molar-refractivity contribution in [2.75, 3.05) is 32.7 Å². The number of amides is 2. The van der Waals surface area contributed by atoms with Gasteiger partial charge < -0.3 is 14.6 Å². The Kier molecular flexibility index (Phi) is 5.76. The molecule has 2 fully saturated rings. The Bertz CT molecular complexity index is 779. The van der Waals surface area contributed by atoms with Crippen molar-refractivity contribution in [2.24, 2.45) is 5.92 Å². The number of rotatable bonds is 7. The molecule has 6 heteroatoms. The Morgan fingerprint density at radius 1 is 1.04 bits per heavy atom. The first-order chi connectivity index (χ1) is 13.7. The molecule has 2 amide bonds. The highest BCUT2D eigenvalue weighted by atomic mass is 16.3. The largest absolute Gasteiger partial charge is 0.459 e. The van der Waals surface area contributed by atoms with E-state index in [0.29, 0.717) is 19.5 Å². The fourth-order valence-corrected chi connectivity index (χ4v) is 3.72. The van der Waals surface area contributed by atoms with Crippen molar-refractivity contribution in [3.63, 3.8) is 0 Å². The van der Waals surface area contributed by atoms with Gasteiger partial charge in [0.1, 0.15) is 6.04 Å². The molecule has 2 heterocycles. The predicted octanol–water partition coefficient (Wildman–Crippen LogP) is 2.17. The molecule has 4 rings (SSSR count). The van der Waals surface area contributed by atoms with Crippen LogP contribution >= 0.6 is 0 Å². The minimum atomic E-state index is -0.602. The third-order valence-corrected chi connectivity index (χ3v) is 5.53. The van der Waals surface area contributed by atoms with Crippen LogP contribution in [0.5, 0.6) is 0 Å². The van der Waals surface area contributed by atoms with E-state index in [1.807, 2.05) is 35.2 Å². The molecule has 0 radical (unpaired) electrons. The second-order valence-corrected chi connectivity index (χ2v) is 7.76. The van der Waals surface area contributed by atoms with Gasteiger partial charge in [0.2, 0.25) is 5.91 Å². The molecule has 2 aliphatic rings. The zero-order valence-electron chi connectivity index (χ0n) is 16.0. The number of piperazine rings is 1. The van der Waals surface area contributed by atoms with Crippen LogP contribution in [0.1, 0.15) is 29.0 Å². The van der Waals surface area contributed by atoms with E-state index in [1.54, 1.807) is 12.1 Å². The number of benzene rings is 1. The fourth-order valence-electron chi connectivity index (χ4n) is 3.72. The minimum absolute atomic E-state index is 0.0187. The first-order valence-corrected chi connectivity index (χ1v) is 10.1. The Morgan fingerprint density at radius 3 is 2.43 bits per heavy atom. The van der Waals surface area contributed by atoms with E-state index in [9.17, 15) is 9.59 Å². The van der Waals surface area contributed by atoms with Crippen molar-refractivity contribution in [3.05, 3.63) is 60.1 Å². The standard InChI is InChI=1S/C22H27N3O3/c26-21(20-7-4-14-28-20)23-19(15-17-5-2-1-3-6-17)22(27)25-12-10-24(11-13-25)16-18-8-9-18/h1-7,14,18-19H,8-13,15-16H2,(H,23,26). The molecule has 1 unspecified atom stereocenters. The molecular formula is C22H27N3O3. The van der Waals surface area contributed by atoms with Gasteiger partial charge in [-0.3, -0.25) is 14.5 Å². The van der Waals surface area contributed by atoms with Crippen LogP contribution in [-0.4, -0.2) is 60.4 Å². The Morgan fingerprint density at radius 2 is 1.79 bits per heavy atom. The van der Waals surface area contributed by atoms with Crippen LogP contribution in [0.3, 0.4) is 0 Å². The lowest BCUT2D eigenvalue weighted by Gasteiger charge is -2.36. The summed E-state index contributed by atoms with van der Waals surface area (Å²) >= 11 is 0. The van der Waals surface area contributed by atoms with Crippen LogP contribution in [0.4, 0.5) is 0 Å². The summed E-state index contributed by atoms with van der Waals surface area (Å²) in [5.41, 5.74) is 1.02. The summed E-state index contributed by atoms with van der Waals surface area (Å²) in [5.74, 6) is 0.710. The molecule has 28 heavy (non-hydrogen) atoms. The maximum absolute atomic E-state index is 13.2. The second-order valence-electron chi connectivity index (χ2n) is 7.76. The maximum atomic E-state index is 13.2. The molecular weight excluding hydrogens is 354 g/mol. The van der Waals surface area contributed by atoms with Gasteiger partial charge in [0.05, 0.1) is 6.26 Å². The minimum Gasteiger partial charge on any atom is -0.459 e. The van der Waals surface area contributed by atoms with E-state index in [4.69, 9.17) is 4.42 Å². The van der Waals surface area contributed by atoms with E-state index in [0.717, 1.165) is 31.1 Å². The SMILES string of the molecule is O=C(NC(Cc1ccccc1)C(=O)N1CCN(CC2CC2)CC1)c1ccco1. The summed E-state index contributed by atoms with van der Waals surface area (Å²) in [6.45, 7) is 4.41. The van der Waals surface area contributed by atoms with Crippen molar-refractivity contribution in [1.82, 2.24) is 15.1 Å². The van der Waals surface area contributed by atoms with Crippen LogP contribution in [0.2, 0.25) is 0 Å². The van der Waals surface area contributed by atoms with Crippen LogP contribution in [0.25, 0.3) is 0 Å². The number of carbonyl (C=O) groups excluding carboxylic acids is 2. The van der Waals surface area contributed by atoms with Crippen LogP contribution < -0.4 is 5.32 Å². The summed E-state index contributed by atoms with van der Waals surface area (Å²) in [6.07, 6.45) is 4.62. The summed E-state index contributed by atoms with van der Waals surface area (Å²) in [5, 5.41) is 2.88. The molecule has 2 aromatic rings. The van der Waals surface area contributed by atoms with E-state index >= 15 is 0 Å². The molecule has 1 saturated heterocycles. The van der Waals surface area contributed by atoms with Crippen LogP contribution in [0.15, 0.2) is 53.1 Å². The lowest BCUT2D eigenvalue weighted by atomic mass is 10.0. The van der Waals surface area contributed by atoms with Gasteiger partial charge in [-0.15, -0.1) is 0 Å². The van der Waals surface area contributed by atoms with Gasteiger partial charge in [0.25, 0.3) is 5.91 Å². The van der Waals surface area contributed by atoms with E-state index in [2.05, 4.69) is 10.2 Å². The molecule has 1 atom stereocenters. The average molecular weight is 381 g/mol. The third-order valence-electron chi connectivity index (χ3n) is 5.53. The molecule has 0 spiro atoms. The van der Waals surface area contributed by atoms with Gasteiger partial charge in [-0.05, 0) is 36.5 Å². The summed E-state index contributed by atoms with van der Waals surface area (Å²) in [7, 11) is 0. The highest BCUT2D eigenvalue weighted by Crippen LogP contribution is 2.30. The zero-order chi connectivity index (χ0) is 19.3. The lowest BCUT2D eigenvalue weighted by Crippen LogP contribution is -2.55. The highest BCUT2D eigenvalue weighted by Gasteiger charge is 2.31. The molecule has 1 N–H and O–H groups in total. The number of nitrogens with one attached hydrogen (secondary N) is 1.